The molecule has 25 heavy (non-hydrogen) atoms. The van der Waals surface area contributed by atoms with Crippen molar-refractivity contribution in [1.82, 2.24) is 10.3 Å². The van der Waals surface area contributed by atoms with Crippen molar-refractivity contribution in [3.8, 4) is 0 Å². The Hall–Kier alpha value is -2.02. The molecule has 0 spiro atoms. The third-order valence-electron chi connectivity index (χ3n) is 4.51. The summed E-state index contributed by atoms with van der Waals surface area (Å²) in [5.41, 5.74) is 1.65. The second kappa shape index (κ2) is 6.37. The lowest BCUT2D eigenvalue weighted by Gasteiger charge is -2.29. The second-order valence-electron chi connectivity index (χ2n) is 6.08. The quantitative estimate of drug-likeness (QED) is 0.738. The van der Waals surface area contributed by atoms with Gasteiger partial charge in [0.1, 0.15) is 0 Å². The molecule has 0 atom stereocenters. The number of anilines is 1. The number of H-pyrrole nitrogens is 1. The molecule has 0 aliphatic carbocycles. The average molecular weight is 376 g/mol. The molecule has 130 valence electrons. The predicted octanol–water partition coefficient (Wildman–Crippen LogP) is 3.06. The van der Waals surface area contributed by atoms with Crippen molar-refractivity contribution >= 4 is 38.0 Å². The van der Waals surface area contributed by atoms with Crippen molar-refractivity contribution in [2.45, 2.75) is 9.79 Å². The molecule has 1 aromatic heterocycles. The van der Waals surface area contributed by atoms with E-state index in [0.29, 0.717) is 20.8 Å². The van der Waals surface area contributed by atoms with Crippen LogP contribution < -0.4 is 10.2 Å². The maximum atomic E-state index is 13.1. The first-order valence-corrected chi connectivity index (χ1v) is 9.99. The van der Waals surface area contributed by atoms with Crippen molar-refractivity contribution in [3.63, 3.8) is 0 Å². The molecule has 2 heterocycles. The van der Waals surface area contributed by atoms with Gasteiger partial charge in [-0.1, -0.05) is 23.7 Å². The van der Waals surface area contributed by atoms with Crippen LogP contribution in [-0.4, -0.2) is 39.6 Å². The summed E-state index contributed by atoms with van der Waals surface area (Å²) in [6, 6.07) is 12.3. The topological polar surface area (TPSA) is 65.2 Å². The molecule has 0 bridgehead atoms. The van der Waals surface area contributed by atoms with Crippen LogP contribution >= 0.6 is 11.6 Å². The van der Waals surface area contributed by atoms with Crippen molar-refractivity contribution in [2.75, 3.05) is 31.1 Å². The number of sulfone groups is 1. The second-order valence-corrected chi connectivity index (χ2v) is 8.44. The van der Waals surface area contributed by atoms with Crippen LogP contribution in [0.1, 0.15) is 0 Å². The predicted molar refractivity (Wildman–Crippen MR) is 100 cm³/mol. The Kier molecular flexibility index (Phi) is 4.19. The van der Waals surface area contributed by atoms with E-state index in [1.807, 2.05) is 6.07 Å². The Morgan fingerprint density at radius 3 is 2.64 bits per heavy atom. The molecule has 2 aromatic carbocycles. The molecule has 7 heteroatoms. The maximum absolute atomic E-state index is 13.1. The lowest BCUT2D eigenvalue weighted by Crippen LogP contribution is -2.43. The molecule has 0 radical (unpaired) electrons. The van der Waals surface area contributed by atoms with Crippen molar-refractivity contribution in [2.24, 2.45) is 0 Å². The Bertz CT molecular complexity index is 1020. The molecule has 1 fully saturated rings. The first-order valence-electron chi connectivity index (χ1n) is 8.13. The highest BCUT2D eigenvalue weighted by atomic mass is 35.5. The third-order valence-corrected chi connectivity index (χ3v) is 6.53. The summed E-state index contributed by atoms with van der Waals surface area (Å²) >= 11 is 5.99. The van der Waals surface area contributed by atoms with Gasteiger partial charge in [-0.25, -0.2) is 8.42 Å². The van der Waals surface area contributed by atoms with E-state index in [9.17, 15) is 8.42 Å². The van der Waals surface area contributed by atoms with Gasteiger partial charge in [0.2, 0.25) is 9.84 Å². The van der Waals surface area contributed by atoms with E-state index in [4.69, 9.17) is 11.6 Å². The number of halogens is 1. The fourth-order valence-electron chi connectivity index (χ4n) is 3.19. The van der Waals surface area contributed by atoms with Crippen LogP contribution in [0.5, 0.6) is 0 Å². The van der Waals surface area contributed by atoms with Crippen molar-refractivity contribution in [1.29, 1.82) is 0 Å². The fourth-order valence-corrected chi connectivity index (χ4v) is 4.83. The van der Waals surface area contributed by atoms with Gasteiger partial charge in [0, 0.05) is 54.0 Å². The lowest BCUT2D eigenvalue weighted by atomic mass is 10.2. The van der Waals surface area contributed by atoms with Crippen LogP contribution in [0.25, 0.3) is 10.9 Å². The van der Waals surface area contributed by atoms with Gasteiger partial charge in [0.15, 0.2) is 0 Å². The van der Waals surface area contributed by atoms with Gasteiger partial charge in [-0.15, -0.1) is 0 Å². The molecule has 0 amide bonds. The van der Waals surface area contributed by atoms with Crippen LogP contribution in [0.15, 0.2) is 58.5 Å². The summed E-state index contributed by atoms with van der Waals surface area (Å²) in [6.07, 6.45) is 1.54. The first-order chi connectivity index (χ1) is 12.1. The summed E-state index contributed by atoms with van der Waals surface area (Å²) in [5, 5.41) is 4.52. The molecular weight excluding hydrogens is 358 g/mol. The van der Waals surface area contributed by atoms with E-state index in [1.54, 1.807) is 36.4 Å². The highest BCUT2D eigenvalue weighted by molar-refractivity contribution is 7.91. The molecule has 1 aliphatic heterocycles. The molecule has 1 aliphatic rings. The maximum Gasteiger partial charge on any atom is 0.208 e. The molecule has 4 rings (SSSR count). The minimum absolute atomic E-state index is 0.275. The SMILES string of the molecule is O=S(=O)(c1cccc(N2CCNCC2)c1)c1c[nH]c2cc(Cl)ccc12. The van der Waals surface area contributed by atoms with E-state index in [-0.39, 0.29) is 4.90 Å². The molecule has 0 saturated carbocycles. The summed E-state index contributed by atoms with van der Waals surface area (Å²) in [6.45, 7) is 3.55. The van der Waals surface area contributed by atoms with Gasteiger partial charge in [-0.2, -0.15) is 0 Å². The highest BCUT2D eigenvalue weighted by Gasteiger charge is 2.23. The zero-order valence-electron chi connectivity index (χ0n) is 13.5. The zero-order chi connectivity index (χ0) is 17.4. The molecule has 5 nitrogen and oxygen atoms in total. The van der Waals surface area contributed by atoms with Gasteiger partial charge in [-0.3, -0.25) is 0 Å². The van der Waals surface area contributed by atoms with Crippen LogP contribution in [0.2, 0.25) is 5.02 Å². The lowest BCUT2D eigenvalue weighted by molar-refractivity contribution is 0.587. The van der Waals surface area contributed by atoms with E-state index < -0.39 is 9.84 Å². The summed E-state index contributed by atoms with van der Waals surface area (Å²) in [5.74, 6) is 0. The van der Waals surface area contributed by atoms with E-state index in [0.717, 1.165) is 31.9 Å². The Labute approximate surface area is 151 Å². The standard InChI is InChI=1S/C18H18ClN3O2S/c19-13-4-5-16-17(10-13)21-12-18(16)25(23,24)15-3-1-2-14(11-15)22-8-6-20-7-9-22/h1-5,10-12,20-21H,6-9H2. The van der Waals surface area contributed by atoms with Crippen LogP contribution in [0.4, 0.5) is 5.69 Å². The Balaban J connectivity index is 1.77. The number of nitrogens with zero attached hydrogens (tertiary/aromatic N) is 1. The van der Waals surface area contributed by atoms with Gasteiger partial charge in [0.05, 0.1) is 9.79 Å². The van der Waals surface area contributed by atoms with Crippen molar-refractivity contribution < 1.29 is 8.42 Å². The smallest absolute Gasteiger partial charge is 0.208 e. The van der Waals surface area contributed by atoms with Crippen LogP contribution in [0, 0.1) is 0 Å². The highest BCUT2D eigenvalue weighted by Crippen LogP contribution is 2.31. The Morgan fingerprint density at radius 1 is 1.04 bits per heavy atom. The summed E-state index contributed by atoms with van der Waals surface area (Å²) < 4.78 is 26.3. The molecule has 3 aromatic rings. The normalized spacial score (nSPS) is 15.6. The minimum Gasteiger partial charge on any atom is -0.369 e. The molecule has 0 unspecified atom stereocenters. The average Bonchev–Trinajstić information content (AvgIpc) is 3.06. The Morgan fingerprint density at radius 2 is 1.84 bits per heavy atom. The van der Waals surface area contributed by atoms with Crippen LogP contribution in [0.3, 0.4) is 0 Å². The number of aromatic amines is 1. The van der Waals surface area contributed by atoms with E-state index >= 15 is 0 Å². The van der Waals surface area contributed by atoms with E-state index in [1.165, 1.54) is 6.20 Å². The number of hydrogen-bond donors (Lipinski definition) is 2. The third kappa shape index (κ3) is 3.01. The molecular formula is C18H18ClN3O2S. The van der Waals surface area contributed by atoms with Crippen LogP contribution in [-0.2, 0) is 9.84 Å². The van der Waals surface area contributed by atoms with Crippen molar-refractivity contribution in [3.05, 3.63) is 53.7 Å². The number of benzene rings is 2. The zero-order valence-corrected chi connectivity index (χ0v) is 15.1. The number of fused-ring (bicyclic) bond motifs is 1. The van der Waals surface area contributed by atoms with Gasteiger partial charge < -0.3 is 15.2 Å². The summed E-state index contributed by atoms with van der Waals surface area (Å²) in [4.78, 5) is 5.78. The van der Waals surface area contributed by atoms with Gasteiger partial charge in [-0.05, 0) is 30.3 Å². The molecule has 1 saturated heterocycles. The first kappa shape index (κ1) is 16.4. The number of rotatable bonds is 3. The van der Waals surface area contributed by atoms with Gasteiger partial charge >= 0.3 is 0 Å². The number of hydrogen-bond acceptors (Lipinski definition) is 4. The van der Waals surface area contributed by atoms with E-state index in [2.05, 4.69) is 15.2 Å². The van der Waals surface area contributed by atoms with Gasteiger partial charge in [0.25, 0.3) is 0 Å². The number of nitrogens with one attached hydrogen (secondary N) is 2. The fraction of sp³-hybridized carbons (Fsp3) is 0.222. The number of piperazine rings is 1. The summed E-state index contributed by atoms with van der Waals surface area (Å²) in [7, 11) is -3.61. The molecule has 2 N–H and O–H groups in total. The largest absolute Gasteiger partial charge is 0.369 e. The minimum atomic E-state index is -3.61. The number of aromatic nitrogens is 1. The monoisotopic (exact) mass is 375 g/mol.